The van der Waals surface area contributed by atoms with E-state index in [4.69, 9.17) is 9.97 Å². The van der Waals surface area contributed by atoms with Crippen LogP contribution in [-0.4, -0.2) is 21.1 Å². The summed E-state index contributed by atoms with van der Waals surface area (Å²) in [6.45, 7) is 21.1. The number of hydrogen-bond donors (Lipinski definition) is 0. The molecule has 6 aromatic carbocycles. The van der Waals surface area contributed by atoms with Gasteiger partial charge in [-0.25, -0.2) is 9.97 Å². The lowest BCUT2D eigenvalue weighted by atomic mass is 9.88. The number of nitrogens with zero attached hydrogens (tertiary/aromatic N) is 4. The maximum Gasteiger partial charge on any atom is 0.162 e. The average Bonchev–Trinajstić information content (AvgIpc) is 3.73. The molecule has 0 saturated carbocycles. The summed E-state index contributed by atoms with van der Waals surface area (Å²) in [5, 5.41) is 4.84. The number of rotatable bonds is 11. The van der Waals surface area contributed by atoms with E-state index in [1.54, 1.807) is 0 Å². The third kappa shape index (κ3) is 8.76. The Morgan fingerprint density at radius 1 is 0.758 bits per heavy atom. The molecule has 2 aromatic heterocycles. The zero-order chi connectivity index (χ0) is 46.2. The summed E-state index contributed by atoms with van der Waals surface area (Å²) in [7, 11) is 0. The Bertz CT molecular complexity index is 3160. The molecule has 0 spiro atoms. The van der Waals surface area contributed by atoms with Crippen molar-refractivity contribution < 1.29 is 0 Å². The lowest BCUT2D eigenvalue weighted by Gasteiger charge is -2.35. The van der Waals surface area contributed by atoms with Crippen molar-refractivity contribution >= 4 is 43.8 Å². The first-order chi connectivity index (χ1) is 32.5. The number of hydrogen-bond acceptors (Lipinski definition) is 3. The molecule has 1 aliphatic heterocycles. The first-order valence-electron chi connectivity index (χ1n) is 23.9. The maximum absolute atomic E-state index is 5.47. The minimum atomic E-state index is 0.446. The predicted octanol–water partition coefficient (Wildman–Crippen LogP) is 17.1. The van der Waals surface area contributed by atoms with Gasteiger partial charge in [0.1, 0.15) is 5.82 Å². The van der Waals surface area contributed by atoms with E-state index in [1.807, 2.05) is 46.8 Å². The van der Waals surface area contributed by atoms with E-state index in [0.717, 1.165) is 82.6 Å². The summed E-state index contributed by atoms with van der Waals surface area (Å²) in [6.07, 6.45) is 19.5. The lowest BCUT2D eigenvalue weighted by molar-refractivity contribution is 0.741. The molecule has 1 atom stereocenters. The Morgan fingerprint density at radius 2 is 1.52 bits per heavy atom. The molecular weight excluding hydrogens is 801 g/mol. The van der Waals surface area contributed by atoms with E-state index in [0.29, 0.717) is 11.7 Å². The van der Waals surface area contributed by atoms with Gasteiger partial charge in [-0.05, 0) is 95.3 Å². The second kappa shape index (κ2) is 20.7. The SMILES string of the molecule is C=CCC(C)/C=C\CN1C2=C(CCC=C2)Cc2ccc(-c3cccc4c5c6ccccc6ccc5n(-c5cc(-c6ccccc6)nc(-c6ccc(/C(C=C)=C/C)cc6)n5)c34)cc21.CC.CC. The average molecular weight is 863 g/mol. The van der Waals surface area contributed by atoms with Crippen LogP contribution in [0.15, 0.2) is 200 Å². The van der Waals surface area contributed by atoms with Crippen molar-refractivity contribution in [3.05, 3.63) is 212 Å². The van der Waals surface area contributed by atoms with Crippen LogP contribution in [-0.2, 0) is 6.42 Å². The van der Waals surface area contributed by atoms with Crippen molar-refractivity contribution in [2.75, 3.05) is 11.4 Å². The molecular formula is C62H62N4. The normalized spacial score (nSPS) is 13.8. The molecule has 0 bridgehead atoms. The predicted molar refractivity (Wildman–Crippen MR) is 286 cm³/mol. The van der Waals surface area contributed by atoms with Crippen LogP contribution >= 0.6 is 0 Å². The number of anilines is 1. The van der Waals surface area contributed by atoms with Gasteiger partial charge in [0.2, 0.25) is 0 Å². The fraction of sp³-hybridized carbons (Fsp3) is 0.194. The van der Waals surface area contributed by atoms with Gasteiger partial charge in [-0.3, -0.25) is 4.57 Å². The Hall–Kier alpha value is -7.30. The minimum absolute atomic E-state index is 0.446. The number of fused-ring (bicyclic) bond motifs is 6. The van der Waals surface area contributed by atoms with Crippen molar-refractivity contribution in [2.45, 2.75) is 67.2 Å². The van der Waals surface area contributed by atoms with Gasteiger partial charge in [-0.2, -0.15) is 0 Å². The van der Waals surface area contributed by atoms with E-state index < -0.39 is 0 Å². The molecule has 1 unspecified atom stereocenters. The zero-order valence-corrected chi connectivity index (χ0v) is 39.6. The van der Waals surface area contributed by atoms with Crippen LogP contribution in [0.1, 0.15) is 71.9 Å². The van der Waals surface area contributed by atoms with Gasteiger partial charge in [-0.15, -0.1) is 6.58 Å². The highest BCUT2D eigenvalue weighted by Crippen LogP contribution is 2.44. The molecule has 0 amide bonds. The highest BCUT2D eigenvalue weighted by molar-refractivity contribution is 6.23. The third-order valence-electron chi connectivity index (χ3n) is 12.6. The van der Waals surface area contributed by atoms with Crippen LogP contribution in [0.25, 0.3) is 77.7 Å². The lowest BCUT2D eigenvalue weighted by Crippen LogP contribution is -2.29. The van der Waals surface area contributed by atoms with Crippen LogP contribution < -0.4 is 4.90 Å². The topological polar surface area (TPSA) is 34.0 Å². The first kappa shape index (κ1) is 45.3. The minimum Gasteiger partial charge on any atom is -0.337 e. The Balaban J connectivity index is 0.00000144. The molecule has 1 aliphatic carbocycles. The number of para-hydroxylation sites is 1. The van der Waals surface area contributed by atoms with E-state index >= 15 is 0 Å². The van der Waals surface area contributed by atoms with E-state index in [-0.39, 0.29) is 0 Å². The maximum atomic E-state index is 5.47. The molecule has 4 nitrogen and oxygen atoms in total. The molecule has 0 N–H and O–H groups in total. The molecule has 4 heteroatoms. The monoisotopic (exact) mass is 862 g/mol. The molecule has 0 radical (unpaired) electrons. The highest BCUT2D eigenvalue weighted by atomic mass is 15.1. The van der Waals surface area contributed by atoms with Crippen molar-refractivity contribution in [3.63, 3.8) is 0 Å². The van der Waals surface area contributed by atoms with Gasteiger partial charge in [-0.1, -0.05) is 193 Å². The molecule has 3 heterocycles. The largest absolute Gasteiger partial charge is 0.337 e. The second-order valence-electron chi connectivity index (χ2n) is 16.5. The highest BCUT2D eigenvalue weighted by Gasteiger charge is 2.26. The molecule has 10 rings (SSSR count). The number of benzene rings is 6. The first-order valence-corrected chi connectivity index (χ1v) is 23.9. The van der Waals surface area contributed by atoms with Crippen LogP contribution in [0.4, 0.5) is 5.69 Å². The van der Waals surface area contributed by atoms with E-state index in [1.165, 1.54) is 49.6 Å². The van der Waals surface area contributed by atoms with Crippen LogP contribution in [0.5, 0.6) is 0 Å². The molecule has 0 fully saturated rings. The van der Waals surface area contributed by atoms with Crippen molar-refractivity contribution in [1.29, 1.82) is 0 Å². The summed E-state index contributed by atoms with van der Waals surface area (Å²) in [5.41, 5.74) is 15.2. The summed E-state index contributed by atoms with van der Waals surface area (Å²) in [4.78, 5) is 13.2. The fourth-order valence-electron chi connectivity index (χ4n) is 9.54. The van der Waals surface area contributed by atoms with Gasteiger partial charge in [0.25, 0.3) is 0 Å². The van der Waals surface area contributed by atoms with Gasteiger partial charge < -0.3 is 4.90 Å². The Morgan fingerprint density at radius 3 is 2.29 bits per heavy atom. The zero-order valence-electron chi connectivity index (χ0n) is 39.6. The van der Waals surface area contributed by atoms with Gasteiger partial charge in [0.15, 0.2) is 5.82 Å². The second-order valence-corrected chi connectivity index (χ2v) is 16.5. The van der Waals surface area contributed by atoms with Crippen LogP contribution in [0.3, 0.4) is 0 Å². The summed E-state index contributed by atoms with van der Waals surface area (Å²) in [6, 6.07) is 48.3. The van der Waals surface area contributed by atoms with Crippen molar-refractivity contribution in [3.8, 4) is 39.6 Å². The molecule has 0 saturated heterocycles. The van der Waals surface area contributed by atoms with Crippen molar-refractivity contribution in [2.24, 2.45) is 5.92 Å². The van der Waals surface area contributed by atoms with Gasteiger partial charge in [0, 0.05) is 51.5 Å². The molecule has 2 aliphatic rings. The fourth-order valence-corrected chi connectivity index (χ4v) is 9.54. The van der Waals surface area contributed by atoms with Gasteiger partial charge >= 0.3 is 0 Å². The Labute approximate surface area is 392 Å². The van der Waals surface area contributed by atoms with E-state index in [9.17, 15) is 0 Å². The van der Waals surface area contributed by atoms with Crippen LogP contribution in [0.2, 0.25) is 0 Å². The molecule has 8 aromatic rings. The van der Waals surface area contributed by atoms with E-state index in [2.05, 4.69) is 193 Å². The number of allylic oxidation sites excluding steroid dienone is 8. The molecule has 330 valence electrons. The standard InChI is InChI=1S/C58H50N4.2C2H6/c1-5-17-39(4)18-16-35-61-52-26-14-12-22-46(52)36-47-32-31-45(37-54(47)61)49-24-15-25-50-56-48-23-13-11-19-42(48)33-34-53(56)62(57(49)50)55-38-51(43-20-9-8-10-21-43)59-58(60-55)44-29-27-41(28-30-44)40(6-2)7-3;2*1-2/h5-11,13-16,18-21,23-34,37-39H,1-2,12,17,22,35-36H2,3-4H3;2*1-2H3/b18-16-,40-7+;;. The summed E-state index contributed by atoms with van der Waals surface area (Å²) in [5.74, 6) is 1.94. The summed E-state index contributed by atoms with van der Waals surface area (Å²) >= 11 is 0. The molecule has 66 heavy (non-hydrogen) atoms. The smallest absolute Gasteiger partial charge is 0.162 e. The quantitative estimate of drug-likeness (QED) is 0.0960. The number of aromatic nitrogens is 3. The van der Waals surface area contributed by atoms with Crippen molar-refractivity contribution in [1.82, 2.24) is 14.5 Å². The van der Waals surface area contributed by atoms with Gasteiger partial charge in [0.05, 0.1) is 16.7 Å². The third-order valence-corrected chi connectivity index (χ3v) is 12.6. The van der Waals surface area contributed by atoms with Crippen LogP contribution in [0, 0.1) is 5.92 Å². The summed E-state index contributed by atoms with van der Waals surface area (Å²) < 4.78 is 2.39. The Kier molecular flexibility index (Phi) is 14.2.